The molecule has 0 aliphatic heterocycles. The highest BCUT2D eigenvalue weighted by molar-refractivity contribution is 6.48. The largest absolute Gasteiger partial charge is 0.262 e. The van der Waals surface area contributed by atoms with Crippen LogP contribution in [-0.4, -0.2) is 11.7 Å². The average Bonchev–Trinajstić information content (AvgIpc) is 2.04. The molecule has 12 heavy (non-hydrogen) atoms. The van der Waals surface area contributed by atoms with Crippen molar-refractivity contribution in [2.24, 2.45) is 4.99 Å². The third-order valence-electron chi connectivity index (χ3n) is 1.27. The van der Waals surface area contributed by atoms with Gasteiger partial charge in [0, 0.05) is 0 Å². The van der Waals surface area contributed by atoms with Gasteiger partial charge in [-0.25, -0.2) is 4.98 Å². The topological polar surface area (TPSA) is 25.2 Å². The van der Waals surface area contributed by atoms with Crippen LogP contribution >= 0.6 is 23.2 Å². The average molecular weight is 201 g/mol. The van der Waals surface area contributed by atoms with Crippen molar-refractivity contribution in [1.82, 2.24) is 4.98 Å². The Balaban J connectivity index is 3.30. The molecule has 0 saturated heterocycles. The SMILES string of the molecule is C=Nc1ccc(Cl)nc1C(=C)Cl. The van der Waals surface area contributed by atoms with Crippen molar-refractivity contribution >= 4 is 40.6 Å². The quantitative estimate of drug-likeness (QED) is 0.532. The number of rotatable bonds is 2. The molecule has 4 heteroatoms. The first kappa shape index (κ1) is 9.23. The van der Waals surface area contributed by atoms with E-state index in [0.29, 0.717) is 21.6 Å². The minimum Gasteiger partial charge on any atom is -0.262 e. The standard InChI is InChI=1S/C8H6Cl2N2/c1-5(9)8-6(11-2)3-4-7(10)12-8/h3-4H,1-2H2. The highest BCUT2D eigenvalue weighted by Gasteiger charge is 2.04. The van der Waals surface area contributed by atoms with Crippen LogP contribution in [0.25, 0.3) is 5.03 Å². The first-order valence-corrected chi connectivity index (χ1v) is 3.89. The fourth-order valence-corrected chi connectivity index (χ4v) is 1.04. The molecule has 0 spiro atoms. The molecular formula is C8H6Cl2N2. The van der Waals surface area contributed by atoms with Gasteiger partial charge in [0.15, 0.2) is 0 Å². The smallest absolute Gasteiger partial charge is 0.129 e. The van der Waals surface area contributed by atoms with E-state index in [2.05, 4.69) is 23.3 Å². The number of pyridine rings is 1. The van der Waals surface area contributed by atoms with E-state index in [0.717, 1.165) is 0 Å². The van der Waals surface area contributed by atoms with Gasteiger partial charge >= 0.3 is 0 Å². The number of hydrogen-bond donors (Lipinski definition) is 0. The second-order valence-corrected chi connectivity index (χ2v) is 2.91. The number of hydrogen-bond acceptors (Lipinski definition) is 2. The fourth-order valence-electron chi connectivity index (χ4n) is 0.755. The summed E-state index contributed by atoms with van der Waals surface area (Å²) < 4.78 is 0. The lowest BCUT2D eigenvalue weighted by atomic mass is 10.3. The summed E-state index contributed by atoms with van der Waals surface area (Å²) in [5, 5.41) is 0.666. The number of aromatic nitrogens is 1. The summed E-state index contributed by atoms with van der Waals surface area (Å²) in [4.78, 5) is 7.66. The van der Waals surface area contributed by atoms with Crippen LogP contribution in [0, 0.1) is 0 Å². The lowest BCUT2D eigenvalue weighted by molar-refractivity contribution is 1.27. The van der Waals surface area contributed by atoms with Gasteiger partial charge in [0.05, 0.1) is 10.7 Å². The van der Waals surface area contributed by atoms with E-state index in [9.17, 15) is 0 Å². The first-order valence-electron chi connectivity index (χ1n) is 3.13. The Hall–Kier alpha value is -0.860. The van der Waals surface area contributed by atoms with E-state index in [1.54, 1.807) is 12.1 Å². The maximum Gasteiger partial charge on any atom is 0.129 e. The monoisotopic (exact) mass is 200 g/mol. The van der Waals surface area contributed by atoms with Crippen LogP contribution in [-0.2, 0) is 0 Å². The van der Waals surface area contributed by atoms with E-state index in [-0.39, 0.29) is 0 Å². The van der Waals surface area contributed by atoms with Crippen molar-refractivity contribution in [1.29, 1.82) is 0 Å². The molecule has 0 atom stereocenters. The molecule has 0 bridgehead atoms. The van der Waals surface area contributed by atoms with Gasteiger partial charge in [-0.1, -0.05) is 29.8 Å². The third kappa shape index (κ3) is 1.84. The maximum absolute atomic E-state index is 5.66. The summed E-state index contributed by atoms with van der Waals surface area (Å²) in [6.45, 7) is 6.90. The predicted octanol–water partition coefficient (Wildman–Crippen LogP) is 3.28. The molecule has 2 nitrogen and oxygen atoms in total. The lowest BCUT2D eigenvalue weighted by Crippen LogP contribution is -1.84. The normalized spacial score (nSPS) is 9.50. The summed E-state index contributed by atoms with van der Waals surface area (Å²) in [5.41, 5.74) is 1.05. The second kappa shape index (κ2) is 3.70. The Bertz CT molecular complexity index is 334. The van der Waals surface area contributed by atoms with Crippen molar-refractivity contribution in [2.45, 2.75) is 0 Å². The van der Waals surface area contributed by atoms with Gasteiger partial charge in [0.2, 0.25) is 0 Å². The summed E-state index contributed by atoms with van der Waals surface area (Å²) in [5.74, 6) is 0. The van der Waals surface area contributed by atoms with Crippen LogP contribution in [0.3, 0.4) is 0 Å². The van der Waals surface area contributed by atoms with Gasteiger partial charge in [0.1, 0.15) is 10.8 Å². The fraction of sp³-hybridized carbons (Fsp3) is 0. The van der Waals surface area contributed by atoms with Crippen molar-refractivity contribution in [3.63, 3.8) is 0 Å². The molecule has 1 aromatic heterocycles. The Morgan fingerprint density at radius 1 is 1.50 bits per heavy atom. The van der Waals surface area contributed by atoms with Gasteiger partial charge in [-0.05, 0) is 18.9 Å². The van der Waals surface area contributed by atoms with E-state index in [1.165, 1.54) is 0 Å². The lowest BCUT2D eigenvalue weighted by Gasteiger charge is -2.01. The Labute approximate surface area is 80.6 Å². The van der Waals surface area contributed by atoms with Crippen LogP contribution in [0.1, 0.15) is 5.69 Å². The molecule has 1 aromatic rings. The number of aliphatic imine (C=N–C) groups is 1. The molecule has 0 radical (unpaired) electrons. The summed E-state index contributed by atoms with van der Waals surface area (Å²) in [6.07, 6.45) is 0. The molecule has 0 saturated carbocycles. The summed E-state index contributed by atoms with van der Waals surface area (Å²) in [6, 6.07) is 3.31. The maximum atomic E-state index is 5.66. The van der Waals surface area contributed by atoms with Gasteiger partial charge in [-0.3, -0.25) is 4.99 Å². The van der Waals surface area contributed by atoms with Crippen LogP contribution in [0.4, 0.5) is 5.69 Å². The Kier molecular flexibility index (Phi) is 2.84. The molecule has 0 aromatic carbocycles. The zero-order chi connectivity index (χ0) is 9.14. The molecular weight excluding hydrogens is 195 g/mol. The second-order valence-electron chi connectivity index (χ2n) is 2.06. The number of nitrogens with zero attached hydrogens (tertiary/aromatic N) is 2. The molecule has 1 rings (SSSR count). The van der Waals surface area contributed by atoms with Crippen LogP contribution < -0.4 is 0 Å². The molecule has 1 heterocycles. The Morgan fingerprint density at radius 3 is 2.67 bits per heavy atom. The van der Waals surface area contributed by atoms with Gasteiger partial charge in [0.25, 0.3) is 0 Å². The van der Waals surface area contributed by atoms with E-state index in [4.69, 9.17) is 23.2 Å². The van der Waals surface area contributed by atoms with Crippen molar-refractivity contribution in [3.05, 3.63) is 29.6 Å². The zero-order valence-electron chi connectivity index (χ0n) is 6.22. The molecule has 62 valence electrons. The van der Waals surface area contributed by atoms with Gasteiger partial charge < -0.3 is 0 Å². The van der Waals surface area contributed by atoms with Gasteiger partial charge in [-0.15, -0.1) is 0 Å². The van der Waals surface area contributed by atoms with E-state index in [1.807, 2.05) is 0 Å². The van der Waals surface area contributed by atoms with E-state index < -0.39 is 0 Å². The first-order chi connectivity index (χ1) is 5.65. The third-order valence-corrected chi connectivity index (χ3v) is 1.66. The summed E-state index contributed by atoms with van der Waals surface area (Å²) >= 11 is 11.3. The molecule has 0 amide bonds. The minimum atomic E-state index is 0.305. The zero-order valence-corrected chi connectivity index (χ0v) is 7.73. The Morgan fingerprint density at radius 2 is 2.17 bits per heavy atom. The van der Waals surface area contributed by atoms with Crippen molar-refractivity contribution in [2.75, 3.05) is 0 Å². The number of halogens is 2. The van der Waals surface area contributed by atoms with Crippen LogP contribution in [0.5, 0.6) is 0 Å². The predicted molar refractivity (Wildman–Crippen MR) is 53.3 cm³/mol. The van der Waals surface area contributed by atoms with Crippen LogP contribution in [0.2, 0.25) is 5.15 Å². The van der Waals surface area contributed by atoms with Crippen LogP contribution in [0.15, 0.2) is 23.7 Å². The minimum absolute atomic E-state index is 0.305. The molecule has 0 fully saturated rings. The van der Waals surface area contributed by atoms with Crippen molar-refractivity contribution < 1.29 is 0 Å². The molecule has 0 N–H and O–H groups in total. The van der Waals surface area contributed by atoms with Crippen molar-refractivity contribution in [3.8, 4) is 0 Å². The highest BCUT2D eigenvalue weighted by atomic mass is 35.5. The molecule has 0 unspecified atom stereocenters. The molecule has 0 aliphatic rings. The summed E-state index contributed by atoms with van der Waals surface area (Å²) in [7, 11) is 0. The highest BCUT2D eigenvalue weighted by Crippen LogP contribution is 2.26. The van der Waals surface area contributed by atoms with E-state index >= 15 is 0 Å². The van der Waals surface area contributed by atoms with Gasteiger partial charge in [-0.2, -0.15) is 0 Å². The molecule has 0 aliphatic carbocycles.